The van der Waals surface area contributed by atoms with Gasteiger partial charge in [0.15, 0.2) is 5.84 Å². The highest BCUT2D eigenvalue weighted by Crippen LogP contribution is 2.28. The first-order chi connectivity index (χ1) is 9.57. The third-order valence-corrected chi connectivity index (χ3v) is 5.65. The van der Waals surface area contributed by atoms with Gasteiger partial charge in [-0.1, -0.05) is 11.6 Å². The van der Waals surface area contributed by atoms with E-state index in [4.69, 9.17) is 10.9 Å². The first kappa shape index (κ1) is 15.4. The summed E-state index contributed by atoms with van der Waals surface area (Å²) in [6.07, 6.45) is 4.57. The molecule has 0 radical (unpaired) electrons. The lowest BCUT2D eigenvalue weighted by atomic mass is 9.86. The van der Waals surface area contributed by atoms with Crippen molar-refractivity contribution in [2.45, 2.75) is 42.9 Å². The molecule has 2 aliphatic heterocycles. The average Bonchev–Trinajstić information content (AvgIpc) is 2.49. The molecule has 7 heteroatoms. The first-order valence-electron chi connectivity index (χ1n) is 7.17. The molecule has 0 bridgehead atoms. The molecule has 1 atom stereocenters. The largest absolute Gasteiger partial charge is 0.409 e. The fourth-order valence-corrected chi connectivity index (χ4v) is 4.00. The van der Waals surface area contributed by atoms with E-state index in [2.05, 4.69) is 15.4 Å². The van der Waals surface area contributed by atoms with E-state index in [-0.39, 0.29) is 17.0 Å². The zero-order chi connectivity index (χ0) is 14.6. The molecule has 4 N–H and O–H groups in total. The fraction of sp³-hybridized carbons (Fsp3) is 0.846. The molecule has 0 spiro atoms. The highest BCUT2D eigenvalue weighted by atomic mass is 32.2. The number of thioether (sulfide) groups is 1. The maximum Gasteiger partial charge on any atom is 0.233 e. The van der Waals surface area contributed by atoms with Gasteiger partial charge in [-0.3, -0.25) is 4.79 Å². The summed E-state index contributed by atoms with van der Waals surface area (Å²) in [6.45, 7) is 1.66. The van der Waals surface area contributed by atoms with E-state index in [0.717, 1.165) is 31.7 Å². The van der Waals surface area contributed by atoms with Crippen LogP contribution in [0.2, 0.25) is 0 Å². The number of amides is 1. The van der Waals surface area contributed by atoms with Crippen LogP contribution in [-0.4, -0.2) is 58.5 Å². The molecule has 20 heavy (non-hydrogen) atoms. The second-order valence-electron chi connectivity index (χ2n) is 5.72. The summed E-state index contributed by atoms with van der Waals surface area (Å²) < 4.78 is 0. The van der Waals surface area contributed by atoms with E-state index < -0.39 is 5.54 Å². The van der Waals surface area contributed by atoms with Crippen molar-refractivity contribution in [3.8, 4) is 0 Å². The monoisotopic (exact) mass is 300 g/mol. The summed E-state index contributed by atoms with van der Waals surface area (Å²) in [5.74, 6) is 1.20. The first-order valence-corrected chi connectivity index (χ1v) is 8.22. The van der Waals surface area contributed by atoms with Gasteiger partial charge in [0.25, 0.3) is 0 Å². The number of carbonyl (C=O) groups excluding carboxylic acids is 1. The molecular formula is C13H24N4O2S. The molecular weight excluding hydrogens is 276 g/mol. The molecule has 1 amide bonds. The van der Waals surface area contributed by atoms with Gasteiger partial charge in [0.05, 0.1) is 5.25 Å². The van der Waals surface area contributed by atoms with E-state index in [1.54, 1.807) is 11.8 Å². The summed E-state index contributed by atoms with van der Waals surface area (Å²) in [4.78, 5) is 14.6. The SMILES string of the molecule is CN1CCC(NC(=O)C2CCCCS2)(C(N)=NO)CC1. The van der Waals surface area contributed by atoms with Gasteiger partial charge in [-0.05, 0) is 38.5 Å². The Morgan fingerprint density at radius 1 is 1.45 bits per heavy atom. The second-order valence-corrected chi connectivity index (χ2v) is 7.03. The van der Waals surface area contributed by atoms with Gasteiger partial charge < -0.3 is 21.2 Å². The number of nitrogens with two attached hydrogens (primary N) is 1. The molecule has 0 aromatic heterocycles. The standard InChI is InChI=1S/C13H24N4O2S/c1-17-7-5-13(6-8-17,12(14)16-19)15-11(18)10-4-2-3-9-20-10/h10,19H,2-9H2,1H3,(H2,14,16)(H,15,18). The van der Waals surface area contributed by atoms with Crippen LogP contribution in [0, 0.1) is 0 Å². The number of piperidine rings is 1. The third-order valence-electron chi connectivity index (χ3n) is 4.27. The van der Waals surface area contributed by atoms with Crippen LogP contribution in [0.25, 0.3) is 0 Å². The molecule has 2 aliphatic rings. The van der Waals surface area contributed by atoms with Crippen molar-refractivity contribution in [1.29, 1.82) is 0 Å². The van der Waals surface area contributed by atoms with Crippen LogP contribution in [-0.2, 0) is 4.79 Å². The smallest absolute Gasteiger partial charge is 0.233 e. The molecule has 0 saturated carbocycles. The highest BCUT2D eigenvalue weighted by Gasteiger charge is 2.40. The number of likely N-dealkylation sites (tertiary alicyclic amines) is 1. The average molecular weight is 300 g/mol. The van der Waals surface area contributed by atoms with E-state index in [0.29, 0.717) is 12.8 Å². The lowest BCUT2D eigenvalue weighted by Crippen LogP contribution is -2.63. The van der Waals surface area contributed by atoms with Gasteiger partial charge in [0, 0.05) is 13.1 Å². The number of nitrogens with zero attached hydrogens (tertiary/aromatic N) is 2. The molecule has 114 valence electrons. The Bertz CT molecular complexity index is 375. The van der Waals surface area contributed by atoms with Crippen molar-refractivity contribution in [1.82, 2.24) is 10.2 Å². The summed E-state index contributed by atoms with van der Waals surface area (Å²) in [5.41, 5.74) is 5.18. The van der Waals surface area contributed by atoms with Gasteiger partial charge >= 0.3 is 0 Å². The number of nitrogens with one attached hydrogen (secondary N) is 1. The van der Waals surface area contributed by atoms with Crippen molar-refractivity contribution < 1.29 is 10.0 Å². The predicted molar refractivity (Wildman–Crippen MR) is 81.1 cm³/mol. The van der Waals surface area contributed by atoms with Crippen LogP contribution in [0.15, 0.2) is 5.16 Å². The van der Waals surface area contributed by atoms with Crippen LogP contribution in [0.5, 0.6) is 0 Å². The maximum absolute atomic E-state index is 12.4. The Labute approximate surface area is 124 Å². The van der Waals surface area contributed by atoms with Crippen LogP contribution in [0.1, 0.15) is 32.1 Å². The minimum Gasteiger partial charge on any atom is -0.409 e. The van der Waals surface area contributed by atoms with Gasteiger partial charge in [0.2, 0.25) is 5.91 Å². The molecule has 0 aromatic carbocycles. The quantitative estimate of drug-likeness (QED) is 0.307. The Morgan fingerprint density at radius 2 is 2.15 bits per heavy atom. The summed E-state index contributed by atoms with van der Waals surface area (Å²) in [7, 11) is 2.04. The van der Waals surface area contributed by atoms with Gasteiger partial charge in [-0.2, -0.15) is 0 Å². The number of carbonyl (C=O) groups is 1. The zero-order valence-corrected chi connectivity index (χ0v) is 12.8. The van der Waals surface area contributed by atoms with Crippen LogP contribution >= 0.6 is 11.8 Å². The van der Waals surface area contributed by atoms with E-state index in [9.17, 15) is 4.79 Å². The van der Waals surface area contributed by atoms with Gasteiger partial charge in [-0.15, -0.1) is 11.8 Å². The predicted octanol–water partition coefficient (Wildman–Crippen LogP) is 0.599. The summed E-state index contributed by atoms with van der Waals surface area (Å²) in [5, 5.41) is 15.3. The number of oxime groups is 1. The lowest BCUT2D eigenvalue weighted by molar-refractivity contribution is -0.122. The third kappa shape index (κ3) is 3.38. The van der Waals surface area contributed by atoms with Crippen molar-refractivity contribution in [3.05, 3.63) is 0 Å². The van der Waals surface area contributed by atoms with E-state index in [1.165, 1.54) is 6.42 Å². The zero-order valence-electron chi connectivity index (χ0n) is 12.0. The minimum absolute atomic E-state index is 0.00627. The molecule has 6 nitrogen and oxygen atoms in total. The lowest BCUT2D eigenvalue weighted by Gasteiger charge is -2.41. The maximum atomic E-state index is 12.4. The second kappa shape index (κ2) is 6.67. The molecule has 2 fully saturated rings. The van der Waals surface area contributed by atoms with Crippen molar-refractivity contribution in [3.63, 3.8) is 0 Å². The molecule has 0 aliphatic carbocycles. The Kier molecular flexibility index (Phi) is 5.15. The fourth-order valence-electron chi connectivity index (χ4n) is 2.80. The Balaban J connectivity index is 2.06. The van der Waals surface area contributed by atoms with Crippen molar-refractivity contribution >= 4 is 23.5 Å². The van der Waals surface area contributed by atoms with Crippen LogP contribution in [0.3, 0.4) is 0 Å². The topological polar surface area (TPSA) is 91.0 Å². The van der Waals surface area contributed by atoms with Gasteiger partial charge in [0.1, 0.15) is 5.54 Å². The summed E-state index contributed by atoms with van der Waals surface area (Å²) >= 11 is 1.71. The Morgan fingerprint density at radius 3 is 2.70 bits per heavy atom. The summed E-state index contributed by atoms with van der Waals surface area (Å²) in [6, 6.07) is 0. The molecule has 0 aromatic rings. The number of hydrogen-bond donors (Lipinski definition) is 3. The van der Waals surface area contributed by atoms with E-state index in [1.807, 2.05) is 7.05 Å². The molecule has 1 unspecified atom stereocenters. The highest BCUT2D eigenvalue weighted by molar-refractivity contribution is 8.00. The van der Waals surface area contributed by atoms with Gasteiger partial charge in [-0.25, -0.2) is 0 Å². The van der Waals surface area contributed by atoms with Crippen LogP contribution < -0.4 is 11.1 Å². The number of rotatable bonds is 3. The van der Waals surface area contributed by atoms with Crippen LogP contribution in [0.4, 0.5) is 0 Å². The van der Waals surface area contributed by atoms with E-state index >= 15 is 0 Å². The normalized spacial score (nSPS) is 28.1. The molecule has 2 saturated heterocycles. The Hall–Kier alpha value is -0.950. The molecule has 2 heterocycles. The van der Waals surface area contributed by atoms with Crippen molar-refractivity contribution in [2.75, 3.05) is 25.9 Å². The molecule has 2 rings (SSSR count). The van der Waals surface area contributed by atoms with Crippen molar-refractivity contribution in [2.24, 2.45) is 10.9 Å². The minimum atomic E-state index is -0.684. The number of hydrogen-bond acceptors (Lipinski definition) is 5. The number of amidine groups is 1.